The van der Waals surface area contributed by atoms with Gasteiger partial charge >= 0.3 is 5.97 Å². The Morgan fingerprint density at radius 1 is 1.42 bits per heavy atom. The Hall–Kier alpha value is -1.93. The van der Waals surface area contributed by atoms with E-state index in [1.807, 2.05) is 0 Å². The first-order valence-electron chi connectivity index (χ1n) is 5.16. The van der Waals surface area contributed by atoms with Gasteiger partial charge in [-0.2, -0.15) is 0 Å². The van der Waals surface area contributed by atoms with E-state index in [9.17, 15) is 13.2 Å². The molecule has 0 amide bonds. The van der Waals surface area contributed by atoms with Gasteiger partial charge in [-0.05, 0) is 30.5 Å². The molecule has 2 rings (SSSR count). The summed E-state index contributed by atoms with van der Waals surface area (Å²) in [5.74, 6) is -1.26. The number of aryl methyl sites for hydroxylation is 1. The van der Waals surface area contributed by atoms with Gasteiger partial charge in [-0.1, -0.05) is 0 Å². The summed E-state index contributed by atoms with van der Waals surface area (Å²) in [6.45, 7) is 1.73. The van der Waals surface area contributed by atoms with Crippen LogP contribution in [0.3, 0.4) is 0 Å². The second kappa shape index (κ2) is 4.98. The fourth-order valence-electron chi connectivity index (χ4n) is 1.48. The summed E-state index contributed by atoms with van der Waals surface area (Å²) in [7, 11) is -3.91. The van der Waals surface area contributed by atoms with Crippen LogP contribution in [0.15, 0.2) is 34.7 Å². The van der Waals surface area contributed by atoms with E-state index in [0.717, 1.165) is 11.3 Å². The topological polar surface area (TPSA) is 96.4 Å². The maximum absolute atomic E-state index is 12.1. The summed E-state index contributed by atoms with van der Waals surface area (Å²) >= 11 is 0.867. The summed E-state index contributed by atoms with van der Waals surface area (Å²) in [6, 6.07) is 4.33. The first-order chi connectivity index (χ1) is 8.90. The number of anilines is 1. The van der Waals surface area contributed by atoms with Crippen LogP contribution in [0.4, 0.5) is 5.69 Å². The van der Waals surface area contributed by atoms with Crippen molar-refractivity contribution >= 4 is 33.0 Å². The van der Waals surface area contributed by atoms with E-state index in [1.54, 1.807) is 13.0 Å². The van der Waals surface area contributed by atoms with Gasteiger partial charge in [0.25, 0.3) is 10.0 Å². The van der Waals surface area contributed by atoms with Crippen molar-refractivity contribution in [1.29, 1.82) is 0 Å². The Morgan fingerprint density at radius 2 is 2.16 bits per heavy atom. The molecule has 0 atom stereocenters. The molecule has 6 nitrogen and oxygen atoms in total. The molecule has 8 heteroatoms. The molecular formula is C11H10N2O4S2. The van der Waals surface area contributed by atoms with Crippen LogP contribution in [0.1, 0.15) is 15.4 Å². The molecule has 0 saturated heterocycles. The quantitative estimate of drug-likeness (QED) is 0.899. The average molecular weight is 298 g/mol. The van der Waals surface area contributed by atoms with Crippen LogP contribution in [0, 0.1) is 6.92 Å². The van der Waals surface area contributed by atoms with Crippen LogP contribution in [-0.4, -0.2) is 24.5 Å². The number of nitrogens with one attached hydrogen (secondary N) is 1. The number of hydrogen-bond acceptors (Lipinski definition) is 5. The molecule has 100 valence electrons. The van der Waals surface area contributed by atoms with Crippen molar-refractivity contribution in [2.45, 2.75) is 11.8 Å². The van der Waals surface area contributed by atoms with Gasteiger partial charge in [-0.15, -0.1) is 11.3 Å². The number of carbonyl (C=O) groups is 1. The van der Waals surface area contributed by atoms with E-state index in [1.165, 1.54) is 23.7 Å². The normalized spacial score (nSPS) is 11.2. The second-order valence-electron chi connectivity index (χ2n) is 3.71. The predicted molar refractivity (Wildman–Crippen MR) is 71.1 cm³/mol. The number of aromatic carboxylic acids is 1. The van der Waals surface area contributed by atoms with Crippen molar-refractivity contribution in [3.63, 3.8) is 0 Å². The van der Waals surface area contributed by atoms with Crippen molar-refractivity contribution in [2.24, 2.45) is 0 Å². The summed E-state index contributed by atoms with van der Waals surface area (Å²) in [6.07, 6.45) is 1.47. The summed E-state index contributed by atoms with van der Waals surface area (Å²) in [5.41, 5.74) is 0.999. The molecular weight excluding hydrogens is 288 g/mol. The maximum atomic E-state index is 12.1. The van der Waals surface area contributed by atoms with Crippen LogP contribution < -0.4 is 4.72 Å². The molecule has 0 bridgehead atoms. The molecule has 0 unspecified atom stereocenters. The largest absolute Gasteiger partial charge is 0.477 e. The van der Waals surface area contributed by atoms with Gasteiger partial charge in [0.2, 0.25) is 0 Å². The lowest BCUT2D eigenvalue weighted by molar-refractivity contribution is 0.0698. The Balaban J connectivity index is 2.38. The molecule has 0 aromatic carbocycles. The Labute approximate surface area is 113 Å². The highest BCUT2D eigenvalue weighted by Crippen LogP contribution is 2.24. The fraction of sp³-hybridized carbons (Fsp3) is 0.0909. The van der Waals surface area contributed by atoms with Crippen LogP contribution in [0.25, 0.3) is 0 Å². The minimum absolute atomic E-state index is 0.210. The van der Waals surface area contributed by atoms with E-state index in [0.29, 0.717) is 11.4 Å². The lowest BCUT2D eigenvalue weighted by atomic mass is 10.3. The number of aromatic nitrogens is 1. The highest BCUT2D eigenvalue weighted by molar-refractivity contribution is 7.93. The number of carboxylic acids is 1. The molecule has 0 spiro atoms. The van der Waals surface area contributed by atoms with Crippen molar-refractivity contribution in [2.75, 3.05) is 4.72 Å². The van der Waals surface area contributed by atoms with Gasteiger partial charge in [-0.3, -0.25) is 9.71 Å². The monoisotopic (exact) mass is 298 g/mol. The molecule has 0 radical (unpaired) electrons. The first-order valence-corrected chi connectivity index (χ1v) is 7.53. The van der Waals surface area contributed by atoms with Gasteiger partial charge in [0.15, 0.2) is 0 Å². The predicted octanol–water partition coefficient (Wildman–Crippen LogP) is 1.95. The highest BCUT2D eigenvalue weighted by atomic mass is 32.2. The number of thiophene rings is 1. The van der Waals surface area contributed by atoms with E-state index in [-0.39, 0.29) is 9.77 Å². The molecule has 19 heavy (non-hydrogen) atoms. The maximum Gasteiger partial charge on any atom is 0.347 e. The van der Waals surface area contributed by atoms with Crippen molar-refractivity contribution < 1.29 is 18.3 Å². The first kappa shape index (κ1) is 13.5. The van der Waals surface area contributed by atoms with Crippen molar-refractivity contribution in [3.8, 4) is 0 Å². The zero-order valence-electron chi connectivity index (χ0n) is 9.82. The molecule has 0 saturated carbocycles. The number of nitrogens with zero attached hydrogens (tertiary/aromatic N) is 1. The molecule has 2 N–H and O–H groups in total. The number of hydrogen-bond donors (Lipinski definition) is 2. The molecule has 2 heterocycles. The standard InChI is InChI=1S/C11H10N2O4S2/c1-7-6-8(2-4-12-7)13-19(16,17)9-3-5-18-10(9)11(14)15/h2-6H,1H3,(H,12,13)(H,14,15). The van der Waals surface area contributed by atoms with Crippen LogP contribution in [0.5, 0.6) is 0 Å². The Kier molecular flexibility index (Phi) is 3.54. The average Bonchev–Trinajstić information content (AvgIpc) is 2.77. The summed E-state index contributed by atoms with van der Waals surface area (Å²) in [4.78, 5) is 14.4. The number of rotatable bonds is 4. The highest BCUT2D eigenvalue weighted by Gasteiger charge is 2.23. The zero-order chi connectivity index (χ0) is 14.0. The Bertz CT molecular complexity index is 722. The smallest absolute Gasteiger partial charge is 0.347 e. The van der Waals surface area contributed by atoms with E-state index >= 15 is 0 Å². The summed E-state index contributed by atoms with van der Waals surface area (Å²) in [5, 5.41) is 10.4. The van der Waals surface area contributed by atoms with Crippen LogP contribution in [-0.2, 0) is 10.0 Å². The van der Waals surface area contributed by atoms with Crippen molar-refractivity contribution in [3.05, 3.63) is 40.3 Å². The number of carboxylic acid groups (broad SMARTS) is 1. The third-order valence-corrected chi connectivity index (χ3v) is 4.72. The van der Waals surface area contributed by atoms with E-state index in [2.05, 4.69) is 9.71 Å². The van der Waals surface area contributed by atoms with E-state index < -0.39 is 16.0 Å². The third kappa shape index (κ3) is 2.91. The minimum Gasteiger partial charge on any atom is -0.477 e. The minimum atomic E-state index is -3.91. The molecule has 0 fully saturated rings. The lowest BCUT2D eigenvalue weighted by Crippen LogP contribution is -2.15. The third-order valence-electron chi connectivity index (χ3n) is 2.26. The Morgan fingerprint density at radius 3 is 2.79 bits per heavy atom. The SMILES string of the molecule is Cc1cc(NS(=O)(=O)c2ccsc2C(=O)O)ccn1. The van der Waals surface area contributed by atoms with Gasteiger partial charge in [0.1, 0.15) is 9.77 Å². The zero-order valence-corrected chi connectivity index (χ0v) is 11.5. The molecule has 0 aliphatic rings. The van der Waals surface area contributed by atoms with Crippen LogP contribution >= 0.6 is 11.3 Å². The van der Waals surface area contributed by atoms with Gasteiger partial charge in [0.05, 0.1) is 5.69 Å². The second-order valence-corrected chi connectivity index (χ2v) is 6.28. The molecule has 2 aromatic heterocycles. The summed E-state index contributed by atoms with van der Waals surface area (Å²) < 4.78 is 26.6. The fourth-order valence-corrected chi connectivity index (χ4v) is 3.79. The number of pyridine rings is 1. The molecule has 2 aromatic rings. The molecule has 0 aliphatic carbocycles. The lowest BCUT2D eigenvalue weighted by Gasteiger charge is -2.07. The number of sulfonamides is 1. The van der Waals surface area contributed by atoms with Gasteiger partial charge in [-0.25, -0.2) is 13.2 Å². The van der Waals surface area contributed by atoms with Crippen molar-refractivity contribution in [1.82, 2.24) is 4.98 Å². The van der Waals surface area contributed by atoms with Gasteiger partial charge in [0, 0.05) is 11.9 Å². The van der Waals surface area contributed by atoms with Crippen LogP contribution in [0.2, 0.25) is 0 Å². The van der Waals surface area contributed by atoms with E-state index in [4.69, 9.17) is 5.11 Å². The molecule has 0 aliphatic heterocycles. The van der Waals surface area contributed by atoms with Gasteiger partial charge < -0.3 is 5.11 Å².